The average molecular weight is 547 g/mol. The summed E-state index contributed by atoms with van der Waals surface area (Å²) in [5.41, 5.74) is 5.60. The molecule has 0 heterocycles. The zero-order valence-corrected chi connectivity index (χ0v) is 25.8. The molecule has 0 bridgehead atoms. The van der Waals surface area contributed by atoms with Crippen LogP contribution in [0.5, 0.6) is 5.75 Å². The molecule has 0 amide bonds. The standard InChI is InChI=1S/C35H50O3Si/c1-6-7-22-39(4,5)33-19-16-29(17-20-33)28-10-8-26(9-11-28)27-12-14-30(15-13-27)31-18-21-34(36)32(23-31)24-38-35(37)25(2)3/h12-15,18,21,23,26,28-29,33,36H,2,6-11,16-17,19-20,22,24H2,1,3-5H3. The van der Waals surface area contributed by atoms with Gasteiger partial charge in [0, 0.05) is 11.1 Å². The van der Waals surface area contributed by atoms with E-state index in [-0.39, 0.29) is 12.4 Å². The van der Waals surface area contributed by atoms with Crippen molar-refractivity contribution < 1.29 is 14.6 Å². The molecule has 0 atom stereocenters. The number of hydrogen-bond donors (Lipinski definition) is 1. The van der Waals surface area contributed by atoms with E-state index in [1.54, 1.807) is 13.0 Å². The van der Waals surface area contributed by atoms with Crippen LogP contribution in [0.2, 0.25) is 24.7 Å². The van der Waals surface area contributed by atoms with Gasteiger partial charge >= 0.3 is 5.97 Å². The fourth-order valence-electron chi connectivity index (χ4n) is 7.23. The monoisotopic (exact) mass is 546 g/mol. The van der Waals surface area contributed by atoms with Gasteiger partial charge in [-0.05, 0) is 84.7 Å². The van der Waals surface area contributed by atoms with Crippen molar-refractivity contribution >= 4 is 14.0 Å². The first-order chi connectivity index (χ1) is 18.7. The fraction of sp³-hybridized carbons (Fsp3) is 0.571. The van der Waals surface area contributed by atoms with Crippen molar-refractivity contribution in [1.82, 2.24) is 0 Å². The zero-order valence-electron chi connectivity index (χ0n) is 24.8. The smallest absolute Gasteiger partial charge is 0.333 e. The summed E-state index contributed by atoms with van der Waals surface area (Å²) in [6.45, 7) is 12.9. The Hall–Kier alpha value is -2.33. The van der Waals surface area contributed by atoms with E-state index >= 15 is 0 Å². The van der Waals surface area contributed by atoms with Gasteiger partial charge in [-0.1, -0.05) is 101 Å². The summed E-state index contributed by atoms with van der Waals surface area (Å²) in [6.07, 6.45) is 14.2. The minimum absolute atomic E-state index is 0.0346. The molecule has 4 rings (SSSR count). The van der Waals surface area contributed by atoms with E-state index in [9.17, 15) is 9.90 Å². The molecule has 0 aliphatic heterocycles. The normalized spacial score (nSPS) is 23.8. The first-order valence-corrected chi connectivity index (χ1v) is 18.7. The molecule has 2 aliphatic carbocycles. The number of unbranched alkanes of at least 4 members (excludes halogenated alkanes) is 1. The second-order valence-electron chi connectivity index (χ2n) is 13.1. The van der Waals surface area contributed by atoms with E-state index in [1.165, 1.54) is 75.8 Å². The van der Waals surface area contributed by atoms with Gasteiger partial charge in [-0.3, -0.25) is 0 Å². The molecule has 1 N–H and O–H groups in total. The van der Waals surface area contributed by atoms with Crippen LogP contribution in [0.3, 0.4) is 0 Å². The third-order valence-corrected chi connectivity index (χ3v) is 14.4. The second kappa shape index (κ2) is 13.3. The summed E-state index contributed by atoms with van der Waals surface area (Å²) < 4.78 is 5.25. The SMILES string of the molecule is C=C(C)C(=O)OCc1cc(-c2ccc(C3CCC(C4CCC([Si](C)(C)CCCC)CC4)CC3)cc2)ccc1O. The lowest BCUT2D eigenvalue weighted by molar-refractivity contribution is -0.140. The van der Waals surface area contributed by atoms with Crippen molar-refractivity contribution in [2.45, 2.75) is 115 Å². The van der Waals surface area contributed by atoms with Crippen LogP contribution in [0, 0.1) is 11.8 Å². The number of aromatic hydroxyl groups is 1. The number of ether oxygens (including phenoxy) is 1. The lowest BCUT2D eigenvalue weighted by atomic mass is 9.70. The third-order valence-electron chi connectivity index (χ3n) is 9.99. The van der Waals surface area contributed by atoms with Gasteiger partial charge in [-0.25, -0.2) is 4.79 Å². The van der Waals surface area contributed by atoms with Crippen LogP contribution in [-0.2, 0) is 16.1 Å². The molecule has 0 radical (unpaired) electrons. The Kier molecular flexibility index (Phi) is 10.1. The molecular formula is C35H50O3Si. The van der Waals surface area contributed by atoms with Gasteiger partial charge in [0.25, 0.3) is 0 Å². The van der Waals surface area contributed by atoms with Gasteiger partial charge in [0.2, 0.25) is 0 Å². The first-order valence-electron chi connectivity index (χ1n) is 15.4. The topological polar surface area (TPSA) is 46.5 Å². The van der Waals surface area contributed by atoms with Crippen molar-refractivity contribution in [2.75, 3.05) is 0 Å². The minimum atomic E-state index is -1.04. The predicted molar refractivity (Wildman–Crippen MR) is 166 cm³/mol. The summed E-state index contributed by atoms with van der Waals surface area (Å²) in [4.78, 5) is 11.8. The zero-order chi connectivity index (χ0) is 28.0. The molecule has 2 fully saturated rings. The second-order valence-corrected chi connectivity index (χ2v) is 18.4. The fourth-order valence-corrected chi connectivity index (χ4v) is 10.8. The van der Waals surface area contributed by atoms with Crippen molar-refractivity contribution in [3.8, 4) is 16.9 Å². The van der Waals surface area contributed by atoms with Gasteiger partial charge < -0.3 is 9.84 Å². The lowest BCUT2D eigenvalue weighted by Gasteiger charge is -2.42. The van der Waals surface area contributed by atoms with Gasteiger partial charge in [0.15, 0.2) is 0 Å². The van der Waals surface area contributed by atoms with Gasteiger partial charge in [0.05, 0.1) is 8.07 Å². The Morgan fingerprint density at radius 1 is 0.923 bits per heavy atom. The van der Waals surface area contributed by atoms with Crippen molar-refractivity contribution in [3.05, 3.63) is 65.7 Å². The van der Waals surface area contributed by atoms with Crippen LogP contribution in [0.1, 0.15) is 95.1 Å². The van der Waals surface area contributed by atoms with Crippen molar-refractivity contribution in [2.24, 2.45) is 11.8 Å². The summed E-state index contributed by atoms with van der Waals surface area (Å²) in [5, 5.41) is 10.2. The summed E-state index contributed by atoms with van der Waals surface area (Å²) in [5.74, 6) is 2.27. The molecule has 0 saturated heterocycles. The van der Waals surface area contributed by atoms with E-state index in [0.29, 0.717) is 17.1 Å². The van der Waals surface area contributed by atoms with Crippen LogP contribution in [0.25, 0.3) is 11.1 Å². The lowest BCUT2D eigenvalue weighted by Crippen LogP contribution is -2.36. The number of carbonyl (C=O) groups is 1. The molecule has 39 heavy (non-hydrogen) atoms. The Labute approximate surface area is 238 Å². The molecule has 212 valence electrons. The molecular weight excluding hydrogens is 496 g/mol. The quantitative estimate of drug-likeness (QED) is 0.183. The molecule has 2 aliphatic rings. The number of phenols is 1. The number of rotatable bonds is 10. The number of benzene rings is 2. The minimum Gasteiger partial charge on any atom is -0.508 e. The summed E-state index contributed by atoms with van der Waals surface area (Å²) >= 11 is 0. The molecule has 0 unspecified atom stereocenters. The Morgan fingerprint density at radius 2 is 1.51 bits per heavy atom. The summed E-state index contributed by atoms with van der Waals surface area (Å²) in [7, 11) is -1.04. The van der Waals surface area contributed by atoms with E-state index in [0.717, 1.165) is 28.5 Å². The molecule has 3 nitrogen and oxygen atoms in total. The highest BCUT2D eigenvalue weighted by atomic mass is 28.3. The van der Waals surface area contributed by atoms with Gasteiger partial charge in [-0.2, -0.15) is 0 Å². The van der Waals surface area contributed by atoms with Crippen LogP contribution in [-0.4, -0.2) is 19.1 Å². The van der Waals surface area contributed by atoms with Crippen LogP contribution in [0.4, 0.5) is 0 Å². The largest absolute Gasteiger partial charge is 0.508 e. The molecule has 0 aromatic heterocycles. The van der Waals surface area contributed by atoms with E-state index in [2.05, 4.69) is 50.9 Å². The number of esters is 1. The highest BCUT2D eigenvalue weighted by Gasteiger charge is 2.37. The number of phenolic OH excluding ortho intramolecular Hbond substituents is 1. The maximum absolute atomic E-state index is 11.8. The van der Waals surface area contributed by atoms with Crippen LogP contribution < -0.4 is 0 Å². The molecule has 2 aromatic rings. The van der Waals surface area contributed by atoms with E-state index < -0.39 is 14.0 Å². The first kappa shape index (κ1) is 29.6. The van der Waals surface area contributed by atoms with Crippen LogP contribution in [0.15, 0.2) is 54.6 Å². The maximum Gasteiger partial charge on any atom is 0.333 e. The molecule has 0 spiro atoms. The number of carbonyl (C=O) groups excluding carboxylic acids is 1. The maximum atomic E-state index is 11.8. The average Bonchev–Trinajstić information content (AvgIpc) is 2.95. The predicted octanol–water partition coefficient (Wildman–Crippen LogP) is 10.0. The van der Waals surface area contributed by atoms with Gasteiger partial charge in [0.1, 0.15) is 12.4 Å². The third kappa shape index (κ3) is 7.66. The van der Waals surface area contributed by atoms with E-state index in [4.69, 9.17) is 4.74 Å². The van der Waals surface area contributed by atoms with Crippen LogP contribution >= 0.6 is 0 Å². The molecule has 2 saturated carbocycles. The van der Waals surface area contributed by atoms with E-state index in [1.807, 2.05) is 12.1 Å². The van der Waals surface area contributed by atoms with Crippen molar-refractivity contribution in [1.29, 1.82) is 0 Å². The Balaban J connectivity index is 1.29. The highest BCUT2D eigenvalue weighted by Crippen LogP contribution is 2.48. The Morgan fingerprint density at radius 3 is 2.10 bits per heavy atom. The number of hydrogen-bond acceptors (Lipinski definition) is 3. The Bertz CT molecular complexity index is 1100. The highest BCUT2D eigenvalue weighted by molar-refractivity contribution is 6.78. The molecule has 4 heteroatoms. The van der Waals surface area contributed by atoms with Gasteiger partial charge in [-0.15, -0.1) is 0 Å². The molecule has 2 aromatic carbocycles. The van der Waals surface area contributed by atoms with Crippen molar-refractivity contribution in [3.63, 3.8) is 0 Å². The summed E-state index contributed by atoms with van der Waals surface area (Å²) in [6, 6.07) is 16.0.